The Morgan fingerprint density at radius 2 is 1.80 bits per heavy atom. The van der Waals surface area contributed by atoms with Crippen LogP contribution in [0.15, 0.2) is 82.8 Å². The van der Waals surface area contributed by atoms with Gasteiger partial charge in [-0.2, -0.15) is 5.10 Å². The van der Waals surface area contributed by atoms with Crippen LogP contribution in [0.1, 0.15) is 29.2 Å². The van der Waals surface area contributed by atoms with Gasteiger partial charge < -0.3 is 4.74 Å². The lowest BCUT2D eigenvalue weighted by Gasteiger charge is -2.18. The van der Waals surface area contributed by atoms with Gasteiger partial charge in [0.15, 0.2) is 5.75 Å². The molecule has 0 heterocycles. The van der Waals surface area contributed by atoms with Crippen molar-refractivity contribution in [3.05, 3.63) is 99.6 Å². The van der Waals surface area contributed by atoms with Gasteiger partial charge >= 0.3 is 5.69 Å². The normalized spacial score (nSPS) is 12.3. The van der Waals surface area contributed by atoms with Crippen LogP contribution >= 0.6 is 0 Å². The van der Waals surface area contributed by atoms with Crippen LogP contribution in [0.25, 0.3) is 0 Å². The van der Waals surface area contributed by atoms with E-state index in [1.54, 1.807) is 48.5 Å². The number of amides is 1. The molecule has 3 rings (SSSR count). The van der Waals surface area contributed by atoms with Crippen LogP contribution in [0.3, 0.4) is 0 Å². The summed E-state index contributed by atoms with van der Waals surface area (Å²) in [6.45, 7) is 1.85. The Balaban J connectivity index is 1.73. The first kappa shape index (κ1) is 25.5. The van der Waals surface area contributed by atoms with Gasteiger partial charge in [-0.25, -0.2) is 18.6 Å². The lowest BCUT2D eigenvalue weighted by atomic mass is 10.0. The molecule has 0 spiro atoms. The summed E-state index contributed by atoms with van der Waals surface area (Å²) in [6.07, 6.45) is 1.02. The average molecular weight is 497 g/mol. The Morgan fingerprint density at radius 1 is 1.11 bits per heavy atom. The molecule has 11 heteroatoms. The number of sulfonamides is 1. The smallest absolute Gasteiger partial charge is 0.311 e. The number of hydrogen-bond donors (Lipinski definition) is 2. The molecule has 1 amide bonds. The third-order valence-corrected chi connectivity index (χ3v) is 6.51. The Bertz CT molecular complexity index is 1330. The van der Waals surface area contributed by atoms with Crippen molar-refractivity contribution in [2.24, 2.45) is 5.10 Å². The molecule has 0 unspecified atom stereocenters. The van der Waals surface area contributed by atoms with Crippen LogP contribution in [0, 0.1) is 17.0 Å². The van der Waals surface area contributed by atoms with Gasteiger partial charge in [-0.1, -0.05) is 48.0 Å². The van der Waals surface area contributed by atoms with Crippen molar-refractivity contribution in [2.75, 3.05) is 7.11 Å². The average Bonchev–Trinajstić information content (AvgIpc) is 2.84. The fraction of sp³-hybridized carbons (Fsp3) is 0.167. The molecule has 1 atom stereocenters. The number of nitro groups is 1. The highest BCUT2D eigenvalue weighted by atomic mass is 32.2. The van der Waals surface area contributed by atoms with E-state index < -0.39 is 26.9 Å². The van der Waals surface area contributed by atoms with Crippen molar-refractivity contribution in [3.8, 4) is 5.75 Å². The molecule has 0 bridgehead atoms. The monoisotopic (exact) mass is 496 g/mol. The number of nitrogens with zero attached hydrogens (tertiary/aromatic N) is 2. The lowest BCUT2D eigenvalue weighted by Crippen LogP contribution is -2.32. The van der Waals surface area contributed by atoms with Gasteiger partial charge in [0.1, 0.15) is 0 Å². The van der Waals surface area contributed by atoms with Crippen LogP contribution in [0.5, 0.6) is 5.75 Å². The van der Waals surface area contributed by atoms with Gasteiger partial charge in [0.25, 0.3) is 0 Å². The topological polar surface area (TPSA) is 140 Å². The molecule has 10 nitrogen and oxygen atoms in total. The minimum absolute atomic E-state index is 0.0866. The van der Waals surface area contributed by atoms with E-state index in [4.69, 9.17) is 4.74 Å². The predicted molar refractivity (Wildman–Crippen MR) is 131 cm³/mol. The largest absolute Gasteiger partial charge is 0.490 e. The van der Waals surface area contributed by atoms with Crippen molar-refractivity contribution in [1.29, 1.82) is 0 Å². The fourth-order valence-corrected chi connectivity index (χ4v) is 4.45. The van der Waals surface area contributed by atoms with Gasteiger partial charge in [0, 0.05) is 18.1 Å². The van der Waals surface area contributed by atoms with E-state index in [9.17, 15) is 23.3 Å². The van der Waals surface area contributed by atoms with E-state index >= 15 is 0 Å². The highest BCUT2D eigenvalue weighted by Crippen LogP contribution is 2.27. The summed E-state index contributed by atoms with van der Waals surface area (Å²) in [5.41, 5.74) is 3.99. The van der Waals surface area contributed by atoms with E-state index in [2.05, 4.69) is 15.2 Å². The molecule has 35 heavy (non-hydrogen) atoms. The molecule has 0 aliphatic heterocycles. The molecule has 2 N–H and O–H groups in total. The first-order valence-electron chi connectivity index (χ1n) is 10.5. The number of hydrogen-bond acceptors (Lipinski definition) is 7. The summed E-state index contributed by atoms with van der Waals surface area (Å²) >= 11 is 0. The third kappa shape index (κ3) is 6.95. The second kappa shape index (κ2) is 11.4. The first-order chi connectivity index (χ1) is 16.7. The van der Waals surface area contributed by atoms with Gasteiger partial charge in [-0.15, -0.1) is 0 Å². The Labute approximate surface area is 202 Å². The summed E-state index contributed by atoms with van der Waals surface area (Å²) in [7, 11) is -2.57. The minimum atomic E-state index is -3.90. The highest BCUT2D eigenvalue weighted by Gasteiger charge is 2.23. The summed E-state index contributed by atoms with van der Waals surface area (Å²) in [5.74, 6) is -0.451. The molecule has 0 radical (unpaired) electrons. The number of carbonyl (C=O) groups excluding carboxylic acids is 1. The number of rotatable bonds is 10. The fourth-order valence-electron chi connectivity index (χ4n) is 3.23. The lowest BCUT2D eigenvalue weighted by molar-refractivity contribution is -0.385. The molecule has 182 valence electrons. The molecule has 0 saturated carbocycles. The third-order valence-electron chi connectivity index (χ3n) is 5.02. The Kier molecular flexibility index (Phi) is 8.29. The number of methoxy groups -OCH3 is 1. The van der Waals surface area contributed by atoms with Crippen LogP contribution in [-0.2, 0) is 14.8 Å². The van der Waals surface area contributed by atoms with Crippen molar-refractivity contribution in [1.82, 2.24) is 10.1 Å². The predicted octanol–water partition coefficient (Wildman–Crippen LogP) is 3.47. The molecule has 0 aliphatic rings. The maximum absolute atomic E-state index is 12.9. The van der Waals surface area contributed by atoms with E-state index in [1.807, 2.05) is 6.92 Å². The maximum atomic E-state index is 12.9. The second-order valence-corrected chi connectivity index (χ2v) is 9.30. The Hall–Kier alpha value is -4.09. The molecule has 0 aromatic heterocycles. The summed E-state index contributed by atoms with van der Waals surface area (Å²) < 4.78 is 33.4. The van der Waals surface area contributed by atoms with Crippen molar-refractivity contribution in [3.63, 3.8) is 0 Å². The summed E-state index contributed by atoms with van der Waals surface area (Å²) in [6, 6.07) is 18.5. The van der Waals surface area contributed by atoms with Crippen LogP contribution in [0.4, 0.5) is 5.69 Å². The number of hydrazone groups is 1. The van der Waals surface area contributed by atoms with Crippen molar-refractivity contribution < 1.29 is 22.9 Å². The molecular formula is C24H24N4O6S. The van der Waals surface area contributed by atoms with Crippen LogP contribution in [-0.4, -0.2) is 32.6 Å². The number of carbonyl (C=O) groups is 1. The SMILES string of the molecule is COc1ccc(/C=N\NC(=O)C[C@H](NS(=O)(=O)c2ccc(C)cc2)c2ccccc2)cc1[N+](=O)[O-]. The molecule has 0 fully saturated rings. The molecular weight excluding hydrogens is 472 g/mol. The first-order valence-corrected chi connectivity index (χ1v) is 12.0. The van der Waals surface area contributed by atoms with E-state index in [-0.39, 0.29) is 22.8 Å². The zero-order chi connectivity index (χ0) is 25.4. The quantitative estimate of drug-likeness (QED) is 0.250. The van der Waals surface area contributed by atoms with Crippen molar-refractivity contribution in [2.45, 2.75) is 24.3 Å². The van der Waals surface area contributed by atoms with Gasteiger partial charge in [-0.05, 0) is 36.8 Å². The zero-order valence-corrected chi connectivity index (χ0v) is 19.9. The number of nitro benzene ring substituents is 1. The van der Waals surface area contributed by atoms with Gasteiger partial charge in [0.2, 0.25) is 15.9 Å². The zero-order valence-electron chi connectivity index (χ0n) is 19.0. The molecule has 0 aliphatic carbocycles. The highest BCUT2D eigenvalue weighted by molar-refractivity contribution is 7.89. The summed E-state index contributed by atoms with van der Waals surface area (Å²) in [4.78, 5) is 23.2. The Morgan fingerprint density at radius 3 is 2.43 bits per heavy atom. The molecule has 0 saturated heterocycles. The van der Waals surface area contributed by atoms with E-state index in [1.165, 1.54) is 37.6 Å². The second-order valence-electron chi connectivity index (χ2n) is 7.58. The van der Waals surface area contributed by atoms with E-state index in [0.717, 1.165) is 5.56 Å². The standard InChI is InChI=1S/C24H24N4O6S/c1-17-8-11-20(12-9-17)35(32,33)27-21(19-6-4-3-5-7-19)15-24(29)26-25-16-18-10-13-23(34-2)22(14-18)28(30)31/h3-14,16,21,27H,15H2,1-2H3,(H,26,29)/b25-16-/t21-/m0/s1. The summed E-state index contributed by atoms with van der Waals surface area (Å²) in [5, 5.41) is 15.0. The number of aryl methyl sites for hydroxylation is 1. The minimum Gasteiger partial charge on any atom is -0.490 e. The molecule has 3 aromatic carbocycles. The number of ether oxygens (including phenoxy) is 1. The van der Waals surface area contributed by atoms with Crippen LogP contribution < -0.4 is 14.9 Å². The maximum Gasteiger partial charge on any atom is 0.311 e. The molecule has 3 aromatic rings. The van der Waals surface area contributed by atoms with E-state index in [0.29, 0.717) is 11.1 Å². The van der Waals surface area contributed by atoms with Gasteiger partial charge in [-0.3, -0.25) is 14.9 Å². The van der Waals surface area contributed by atoms with Crippen LogP contribution in [0.2, 0.25) is 0 Å². The number of nitrogens with one attached hydrogen (secondary N) is 2. The van der Waals surface area contributed by atoms with Crippen molar-refractivity contribution >= 4 is 27.8 Å². The number of benzene rings is 3. The van der Waals surface area contributed by atoms with Gasteiger partial charge in [0.05, 0.1) is 29.2 Å².